The first-order chi connectivity index (χ1) is 11.9. The van der Waals surface area contributed by atoms with Crippen LogP contribution in [0, 0.1) is 17.1 Å². The molecule has 0 amide bonds. The molecule has 0 spiro atoms. The summed E-state index contributed by atoms with van der Waals surface area (Å²) < 4.78 is 12.8. The summed E-state index contributed by atoms with van der Waals surface area (Å²) in [7, 11) is 4.17. The fraction of sp³-hybridized carbons (Fsp3) is 0.350. The van der Waals surface area contributed by atoms with Gasteiger partial charge in [-0.15, -0.1) is 0 Å². The second-order valence-corrected chi connectivity index (χ2v) is 5.94. The molecule has 4 nitrogen and oxygen atoms in total. The van der Waals surface area contributed by atoms with Crippen LogP contribution in [-0.2, 0) is 6.61 Å². The van der Waals surface area contributed by atoms with Gasteiger partial charge in [-0.3, -0.25) is 0 Å². The third-order valence-corrected chi connectivity index (χ3v) is 3.59. The smallest absolute Gasteiger partial charge is 0.123 e. The number of halogens is 1. The zero-order valence-corrected chi connectivity index (χ0v) is 14.9. The molecule has 0 aliphatic heterocycles. The maximum absolute atomic E-state index is 12.8. The van der Waals surface area contributed by atoms with Crippen LogP contribution in [0.15, 0.2) is 42.5 Å². The summed E-state index contributed by atoms with van der Waals surface area (Å²) in [4.78, 5) is 2.18. The van der Waals surface area contributed by atoms with Crippen LogP contribution < -0.4 is 0 Å². The summed E-state index contributed by atoms with van der Waals surface area (Å²) in [5.74, 6) is -0.377. The quantitative estimate of drug-likeness (QED) is 0.874. The molecule has 0 heterocycles. The van der Waals surface area contributed by atoms with Crippen LogP contribution in [0.1, 0.15) is 41.7 Å². The first kappa shape index (κ1) is 20.8. The van der Waals surface area contributed by atoms with E-state index in [4.69, 9.17) is 5.26 Å². The van der Waals surface area contributed by atoms with Crippen molar-refractivity contribution in [2.45, 2.75) is 26.1 Å². The molecule has 0 aliphatic rings. The molecule has 0 radical (unpaired) electrons. The Morgan fingerprint density at radius 2 is 1.80 bits per heavy atom. The lowest BCUT2D eigenvalue weighted by atomic mass is 9.95. The number of aliphatic hydroxyl groups excluding tert-OH is 2. The van der Waals surface area contributed by atoms with E-state index in [1.807, 2.05) is 6.07 Å². The van der Waals surface area contributed by atoms with Crippen molar-refractivity contribution in [2.75, 3.05) is 20.6 Å². The third-order valence-electron chi connectivity index (χ3n) is 3.59. The van der Waals surface area contributed by atoms with Gasteiger partial charge in [0.05, 0.1) is 18.2 Å². The van der Waals surface area contributed by atoms with Crippen LogP contribution in [0.2, 0.25) is 0 Å². The van der Waals surface area contributed by atoms with Gasteiger partial charge in [-0.05, 0) is 68.0 Å². The van der Waals surface area contributed by atoms with Gasteiger partial charge in [0.15, 0.2) is 0 Å². The molecule has 2 aromatic rings. The van der Waals surface area contributed by atoms with Crippen molar-refractivity contribution in [3.8, 4) is 6.07 Å². The summed E-state index contributed by atoms with van der Waals surface area (Å²) in [6.45, 7) is 3.11. The Balaban J connectivity index is 0.000000450. The molecule has 0 saturated carbocycles. The molecule has 25 heavy (non-hydrogen) atoms. The van der Waals surface area contributed by atoms with Gasteiger partial charge in [0, 0.05) is 0 Å². The number of hydrogen-bond acceptors (Lipinski definition) is 4. The molecule has 0 aromatic heterocycles. The van der Waals surface area contributed by atoms with Crippen molar-refractivity contribution in [1.82, 2.24) is 4.90 Å². The van der Waals surface area contributed by atoms with Crippen LogP contribution in [0.25, 0.3) is 0 Å². The summed E-state index contributed by atoms with van der Waals surface area (Å²) in [6, 6.07) is 12.2. The van der Waals surface area contributed by atoms with Crippen LogP contribution in [0.5, 0.6) is 0 Å². The van der Waals surface area contributed by atoms with Gasteiger partial charge in [-0.1, -0.05) is 25.1 Å². The Morgan fingerprint density at radius 3 is 2.24 bits per heavy atom. The van der Waals surface area contributed by atoms with Crippen LogP contribution in [-0.4, -0.2) is 35.8 Å². The molecule has 2 N–H and O–H groups in total. The summed E-state index contributed by atoms with van der Waals surface area (Å²) >= 11 is 0. The van der Waals surface area contributed by atoms with Crippen molar-refractivity contribution in [3.05, 3.63) is 70.5 Å². The summed E-state index contributed by atoms with van der Waals surface area (Å²) in [5, 5.41) is 28.3. The Kier molecular flexibility index (Phi) is 8.79. The minimum Gasteiger partial charge on any atom is -0.392 e. The molecule has 0 fully saturated rings. The normalized spacial score (nSPS) is 11.4. The van der Waals surface area contributed by atoms with E-state index in [2.05, 4.69) is 25.9 Å². The van der Waals surface area contributed by atoms with E-state index < -0.39 is 6.10 Å². The average molecular weight is 344 g/mol. The molecule has 134 valence electrons. The molecule has 5 heteroatoms. The number of nitrogens with zero attached hydrogens (tertiary/aromatic N) is 2. The highest BCUT2D eigenvalue weighted by atomic mass is 19.1. The maximum atomic E-state index is 12.8. The third kappa shape index (κ3) is 6.63. The van der Waals surface area contributed by atoms with Crippen LogP contribution in [0.3, 0.4) is 0 Å². The molecular formula is C20H25FN2O2. The van der Waals surface area contributed by atoms with E-state index in [-0.39, 0.29) is 12.4 Å². The van der Waals surface area contributed by atoms with Gasteiger partial charge < -0.3 is 15.1 Å². The predicted octanol–water partition coefficient (Wildman–Crippen LogP) is 3.23. The van der Waals surface area contributed by atoms with E-state index in [9.17, 15) is 14.6 Å². The summed E-state index contributed by atoms with van der Waals surface area (Å²) in [6.07, 6.45) is 0.294. The van der Waals surface area contributed by atoms with Crippen molar-refractivity contribution < 1.29 is 14.6 Å². The van der Waals surface area contributed by atoms with Crippen molar-refractivity contribution in [1.29, 1.82) is 5.26 Å². The Hall–Kier alpha value is -2.26. The zero-order valence-electron chi connectivity index (χ0n) is 14.9. The number of benzene rings is 2. The standard InChI is InChI=1S/C15H12FNO2.C5H13N/c16-13-4-2-11(3-5-13)15(19)14-6-1-10(8-17)7-12(14)9-18;1-4-5-6(2)3/h1-7,15,18-19H,9H2;4-5H2,1-3H3. The second kappa shape index (κ2) is 10.6. The van der Waals surface area contributed by atoms with Crippen molar-refractivity contribution in [3.63, 3.8) is 0 Å². The molecule has 2 aromatic carbocycles. The van der Waals surface area contributed by atoms with E-state index in [0.717, 1.165) is 0 Å². The van der Waals surface area contributed by atoms with E-state index in [0.29, 0.717) is 22.3 Å². The SMILES string of the molecule is CCCN(C)C.N#Cc1ccc(C(O)c2ccc(F)cc2)c(CO)c1. The van der Waals surface area contributed by atoms with Gasteiger partial charge in [-0.25, -0.2) is 4.39 Å². The highest BCUT2D eigenvalue weighted by molar-refractivity contribution is 5.42. The number of rotatable bonds is 5. The van der Waals surface area contributed by atoms with Gasteiger partial charge in [0.25, 0.3) is 0 Å². The molecule has 2 rings (SSSR count). The minimum atomic E-state index is -0.963. The lowest BCUT2D eigenvalue weighted by Gasteiger charge is -2.15. The van der Waals surface area contributed by atoms with Gasteiger partial charge >= 0.3 is 0 Å². The molecule has 0 aliphatic carbocycles. The molecule has 1 atom stereocenters. The molecule has 0 bridgehead atoms. The second-order valence-electron chi connectivity index (χ2n) is 5.94. The minimum absolute atomic E-state index is 0.275. The largest absolute Gasteiger partial charge is 0.392 e. The highest BCUT2D eigenvalue weighted by Gasteiger charge is 2.14. The van der Waals surface area contributed by atoms with Crippen LogP contribution in [0.4, 0.5) is 4.39 Å². The molecular weight excluding hydrogens is 319 g/mol. The Labute approximate surface area is 148 Å². The predicted molar refractivity (Wildman–Crippen MR) is 96.4 cm³/mol. The van der Waals surface area contributed by atoms with Crippen LogP contribution >= 0.6 is 0 Å². The first-order valence-electron chi connectivity index (χ1n) is 8.15. The maximum Gasteiger partial charge on any atom is 0.123 e. The highest BCUT2D eigenvalue weighted by Crippen LogP contribution is 2.26. The lowest BCUT2D eigenvalue weighted by molar-refractivity contribution is 0.213. The van der Waals surface area contributed by atoms with Crippen molar-refractivity contribution >= 4 is 0 Å². The molecule has 0 saturated heterocycles. The average Bonchev–Trinajstić information content (AvgIpc) is 2.61. The van der Waals surface area contributed by atoms with Gasteiger partial charge in [-0.2, -0.15) is 5.26 Å². The fourth-order valence-electron chi connectivity index (χ4n) is 2.35. The first-order valence-corrected chi connectivity index (χ1v) is 8.15. The topological polar surface area (TPSA) is 67.5 Å². The van der Waals surface area contributed by atoms with Gasteiger partial charge in [0.2, 0.25) is 0 Å². The summed E-state index contributed by atoms with van der Waals surface area (Å²) in [5.41, 5.74) is 1.93. The monoisotopic (exact) mass is 344 g/mol. The van der Waals surface area contributed by atoms with E-state index in [1.165, 1.54) is 43.3 Å². The van der Waals surface area contributed by atoms with Crippen molar-refractivity contribution in [2.24, 2.45) is 0 Å². The van der Waals surface area contributed by atoms with Gasteiger partial charge in [0.1, 0.15) is 11.9 Å². The number of nitriles is 1. The zero-order chi connectivity index (χ0) is 18.8. The number of aliphatic hydroxyl groups is 2. The Morgan fingerprint density at radius 1 is 1.16 bits per heavy atom. The molecule has 1 unspecified atom stereocenters. The van der Waals surface area contributed by atoms with E-state index >= 15 is 0 Å². The van der Waals surface area contributed by atoms with E-state index in [1.54, 1.807) is 12.1 Å². The fourth-order valence-corrected chi connectivity index (χ4v) is 2.35. The number of hydrogen-bond donors (Lipinski definition) is 2. The Bertz CT molecular complexity index is 694. The lowest BCUT2D eigenvalue weighted by Crippen LogP contribution is -2.11.